The molecule has 0 atom stereocenters. The van der Waals surface area contributed by atoms with E-state index in [9.17, 15) is 0 Å². The van der Waals surface area contributed by atoms with Gasteiger partial charge in [0.2, 0.25) is 0 Å². The molecule has 0 unspecified atom stereocenters. The van der Waals surface area contributed by atoms with Gasteiger partial charge in [0.05, 0.1) is 0 Å². The van der Waals surface area contributed by atoms with E-state index >= 15 is 0 Å². The lowest BCUT2D eigenvalue weighted by Crippen LogP contribution is -1.68. The van der Waals surface area contributed by atoms with Gasteiger partial charge in [0, 0.05) is 0 Å². The molecular formula is C23H14. The van der Waals surface area contributed by atoms with Crippen molar-refractivity contribution in [1.29, 1.82) is 0 Å². The Morgan fingerprint density at radius 3 is 1.48 bits per heavy atom. The van der Waals surface area contributed by atoms with Crippen molar-refractivity contribution < 1.29 is 0 Å². The molecule has 0 aliphatic carbocycles. The molecule has 0 heteroatoms. The second-order valence-electron chi connectivity index (χ2n) is 3.77. The van der Waals surface area contributed by atoms with Gasteiger partial charge in [-0.2, -0.15) is 0 Å². The van der Waals surface area contributed by atoms with Crippen molar-refractivity contribution >= 4 is 0 Å². The molecule has 0 aromatic heterocycles. The molecule has 0 saturated carbocycles. The number of unbranched alkanes of at least 4 members (excludes halogenated alkanes) is 3. The summed E-state index contributed by atoms with van der Waals surface area (Å²) in [6.45, 7) is 5.49. The average Bonchev–Trinajstić information content (AvgIpc) is 2.57. The van der Waals surface area contributed by atoms with Crippen molar-refractivity contribution in [1.82, 2.24) is 0 Å². The van der Waals surface area contributed by atoms with Crippen molar-refractivity contribution in [3.63, 3.8) is 0 Å². The van der Waals surface area contributed by atoms with E-state index in [1.165, 1.54) is 19.3 Å². The predicted octanol–water partition coefficient (Wildman–Crippen LogP) is 5.23. The van der Waals surface area contributed by atoms with E-state index in [0.29, 0.717) is 0 Å². The summed E-state index contributed by atoms with van der Waals surface area (Å²) in [6, 6.07) is 0. The van der Waals surface area contributed by atoms with Gasteiger partial charge in [0.15, 0.2) is 0 Å². The van der Waals surface area contributed by atoms with Crippen LogP contribution >= 0.6 is 0 Å². The standard InChI is InChI=1S/C23H14/c1-3-5-7-9-11-13-15-17-19-21-23-22-20-18-16-14-12-10-8-6-4-2/h12H,1,4,6,8,10H2,2H3. The summed E-state index contributed by atoms with van der Waals surface area (Å²) in [5.41, 5.74) is 40.9. The fourth-order valence-corrected chi connectivity index (χ4v) is 1.07. The fraction of sp³-hybridized carbons (Fsp3) is 0.217. The smallest absolute Gasteiger partial charge is 0.0000000000000163 e. The quantitative estimate of drug-likeness (QED) is 0.491. The topological polar surface area (TPSA) is 0 Å². The van der Waals surface area contributed by atoms with Crippen molar-refractivity contribution in [3.05, 3.63) is 104 Å². The summed E-state index contributed by atoms with van der Waals surface area (Å²) < 4.78 is 0. The first-order chi connectivity index (χ1) is 11.4. The van der Waals surface area contributed by atoms with Gasteiger partial charge in [-0.3, -0.25) is 0 Å². The lowest BCUT2D eigenvalue weighted by atomic mass is 10.2. The predicted molar refractivity (Wildman–Crippen MR) is 90.5 cm³/mol. The minimum Gasteiger partial charge on any atom is -0.0687 e. The number of hydrogen-bond donors (Lipinski definition) is 0. The maximum Gasteiger partial charge on any atom is -0.0000000000000163 e. The van der Waals surface area contributed by atoms with Crippen molar-refractivity contribution in [2.75, 3.05) is 0 Å². The molecule has 0 radical (unpaired) electrons. The zero-order valence-corrected chi connectivity index (χ0v) is 13.1. The summed E-state index contributed by atoms with van der Waals surface area (Å²) in [5.74, 6) is 0. The molecule has 0 amide bonds. The SMILES string of the molecule is C=C=C=C=C=C=C=C=C=C=C=C=C=C=C=C=C=CCCCCC. The molecule has 0 aliphatic rings. The molecule has 0 aliphatic heterocycles. The zero-order chi connectivity index (χ0) is 16.8. The van der Waals surface area contributed by atoms with Crippen LogP contribution in [0.3, 0.4) is 0 Å². The third-order valence-corrected chi connectivity index (χ3v) is 2.03. The van der Waals surface area contributed by atoms with Crippen LogP contribution in [0.1, 0.15) is 32.6 Å². The van der Waals surface area contributed by atoms with E-state index < -0.39 is 0 Å². The highest BCUT2D eigenvalue weighted by Crippen LogP contribution is 1.97. The molecule has 0 rings (SSSR count). The van der Waals surface area contributed by atoms with E-state index in [-0.39, 0.29) is 0 Å². The van der Waals surface area contributed by atoms with Crippen LogP contribution in [0.5, 0.6) is 0 Å². The molecule has 0 bridgehead atoms. The van der Waals surface area contributed by atoms with Crippen LogP contribution in [0.15, 0.2) is 104 Å². The van der Waals surface area contributed by atoms with Gasteiger partial charge in [0.1, 0.15) is 0 Å². The minimum atomic E-state index is 1.01. The monoisotopic (exact) mass is 290 g/mol. The molecule has 0 heterocycles. The molecule has 0 spiro atoms. The average molecular weight is 290 g/mol. The Bertz CT molecular complexity index is 991. The first-order valence-corrected chi connectivity index (χ1v) is 7.01. The highest BCUT2D eigenvalue weighted by molar-refractivity contribution is 4.93. The second kappa shape index (κ2) is 18.2. The molecule has 0 aromatic carbocycles. The lowest BCUT2D eigenvalue weighted by molar-refractivity contribution is 0.729. The molecule has 0 saturated heterocycles. The van der Waals surface area contributed by atoms with Gasteiger partial charge in [-0.25, -0.2) is 0 Å². The number of hydrogen-bond acceptors (Lipinski definition) is 0. The molecule has 0 N–H and O–H groups in total. The normalized spacial score (nSPS) is 5.43. The molecule has 0 aromatic rings. The first kappa shape index (κ1) is 19.2. The van der Waals surface area contributed by atoms with E-state index in [2.05, 4.69) is 105 Å². The minimum absolute atomic E-state index is 1.01. The third kappa shape index (κ3) is 18.2. The molecular weight excluding hydrogens is 276 g/mol. The summed E-state index contributed by atoms with van der Waals surface area (Å²) in [4.78, 5) is 0. The van der Waals surface area contributed by atoms with Crippen LogP contribution in [-0.4, -0.2) is 0 Å². The zero-order valence-electron chi connectivity index (χ0n) is 13.1. The van der Waals surface area contributed by atoms with Crippen molar-refractivity contribution in [2.24, 2.45) is 0 Å². The Labute approximate surface area is 137 Å². The Balaban J connectivity index is 5.22. The van der Waals surface area contributed by atoms with E-state index in [0.717, 1.165) is 6.42 Å². The maximum atomic E-state index is 3.31. The van der Waals surface area contributed by atoms with Gasteiger partial charge in [-0.05, 0) is 106 Å². The van der Waals surface area contributed by atoms with Gasteiger partial charge < -0.3 is 0 Å². The Morgan fingerprint density at radius 2 is 1.04 bits per heavy atom. The Kier molecular flexibility index (Phi) is 15.2. The van der Waals surface area contributed by atoms with E-state index in [1.807, 2.05) is 6.08 Å². The fourth-order valence-electron chi connectivity index (χ4n) is 1.07. The first-order valence-electron chi connectivity index (χ1n) is 7.01. The van der Waals surface area contributed by atoms with Crippen LogP contribution in [-0.2, 0) is 0 Å². The molecule has 23 heavy (non-hydrogen) atoms. The van der Waals surface area contributed by atoms with Gasteiger partial charge in [-0.15, -0.1) is 0 Å². The summed E-state index contributed by atoms with van der Waals surface area (Å²) in [6.07, 6.45) is 6.58. The van der Waals surface area contributed by atoms with Gasteiger partial charge in [-0.1, -0.05) is 31.2 Å². The summed E-state index contributed by atoms with van der Waals surface area (Å²) in [7, 11) is 0. The maximum absolute atomic E-state index is 3.31. The van der Waals surface area contributed by atoms with Crippen molar-refractivity contribution in [2.45, 2.75) is 32.6 Å². The van der Waals surface area contributed by atoms with E-state index in [1.54, 1.807) is 0 Å². The molecule has 106 valence electrons. The highest BCUT2D eigenvalue weighted by Gasteiger charge is 1.78. The molecule has 0 fully saturated rings. The van der Waals surface area contributed by atoms with Gasteiger partial charge in [0.25, 0.3) is 0 Å². The van der Waals surface area contributed by atoms with Crippen LogP contribution in [0, 0.1) is 0 Å². The van der Waals surface area contributed by atoms with Crippen LogP contribution in [0.25, 0.3) is 0 Å². The number of rotatable bonds is 4. The van der Waals surface area contributed by atoms with Crippen LogP contribution in [0.4, 0.5) is 0 Å². The third-order valence-electron chi connectivity index (χ3n) is 2.03. The lowest BCUT2D eigenvalue weighted by Gasteiger charge is -1.87. The molecule has 0 nitrogen and oxygen atoms in total. The highest BCUT2D eigenvalue weighted by atomic mass is 13.8. The Morgan fingerprint density at radius 1 is 0.609 bits per heavy atom. The van der Waals surface area contributed by atoms with E-state index in [4.69, 9.17) is 0 Å². The van der Waals surface area contributed by atoms with Crippen LogP contribution in [0.2, 0.25) is 0 Å². The Hall–Kier alpha value is -3.78. The summed E-state index contributed by atoms with van der Waals surface area (Å²) >= 11 is 0. The second-order valence-corrected chi connectivity index (χ2v) is 3.77. The van der Waals surface area contributed by atoms with Crippen molar-refractivity contribution in [3.8, 4) is 0 Å². The van der Waals surface area contributed by atoms with Crippen LogP contribution < -0.4 is 0 Å². The summed E-state index contributed by atoms with van der Waals surface area (Å²) in [5, 5.41) is 0. The largest absolute Gasteiger partial charge is 0.0687 e. The number of allylic oxidation sites excluding steroid dienone is 1. The van der Waals surface area contributed by atoms with Gasteiger partial charge >= 0.3 is 0 Å².